The largest absolute Gasteiger partial charge is 0.337 e. The molecule has 1 aromatic heterocycles. The molecule has 2 unspecified atom stereocenters. The van der Waals surface area contributed by atoms with Crippen molar-refractivity contribution in [2.24, 2.45) is 5.73 Å². The van der Waals surface area contributed by atoms with Crippen LogP contribution in [0.3, 0.4) is 0 Å². The second-order valence-corrected chi connectivity index (χ2v) is 4.84. The van der Waals surface area contributed by atoms with Crippen LogP contribution in [0.2, 0.25) is 0 Å². The molecule has 0 aliphatic carbocycles. The summed E-state index contributed by atoms with van der Waals surface area (Å²) in [4.78, 5) is 13.5. The molecule has 0 spiro atoms. The zero-order chi connectivity index (χ0) is 10.8. The van der Waals surface area contributed by atoms with Crippen LogP contribution in [-0.2, 0) is 4.79 Å². The molecular formula is C11H16N2OS. The third-order valence-corrected chi connectivity index (χ3v) is 3.73. The summed E-state index contributed by atoms with van der Waals surface area (Å²) in [7, 11) is 1.86. The van der Waals surface area contributed by atoms with Gasteiger partial charge in [0.2, 0.25) is 5.91 Å². The summed E-state index contributed by atoms with van der Waals surface area (Å²) in [6.07, 6.45) is 2.46. The number of amides is 1. The topological polar surface area (TPSA) is 46.3 Å². The molecule has 2 rings (SSSR count). The highest BCUT2D eigenvalue weighted by Crippen LogP contribution is 2.29. The zero-order valence-electron chi connectivity index (χ0n) is 8.85. The lowest BCUT2D eigenvalue weighted by atomic mass is 9.99. The molecule has 2 atom stereocenters. The van der Waals surface area contributed by atoms with E-state index < -0.39 is 0 Å². The number of carbonyl (C=O) groups excluding carboxylic acids is 1. The Bertz CT molecular complexity index is 336. The Morgan fingerprint density at radius 2 is 2.40 bits per heavy atom. The minimum atomic E-state index is 0.0613. The van der Waals surface area contributed by atoms with Crippen LogP contribution < -0.4 is 5.73 Å². The molecule has 1 aliphatic heterocycles. The summed E-state index contributed by atoms with van der Waals surface area (Å²) < 4.78 is 0. The highest BCUT2D eigenvalue weighted by atomic mass is 32.1. The first-order valence-corrected chi connectivity index (χ1v) is 6.18. The number of thiophene rings is 1. The van der Waals surface area contributed by atoms with Crippen molar-refractivity contribution in [3.63, 3.8) is 0 Å². The van der Waals surface area contributed by atoms with Gasteiger partial charge in [0.15, 0.2) is 0 Å². The van der Waals surface area contributed by atoms with Crippen molar-refractivity contribution in [2.75, 3.05) is 7.05 Å². The van der Waals surface area contributed by atoms with E-state index in [1.807, 2.05) is 12.4 Å². The average Bonchev–Trinajstić information content (AvgIpc) is 2.67. The van der Waals surface area contributed by atoms with Gasteiger partial charge in [-0.25, -0.2) is 0 Å². The quantitative estimate of drug-likeness (QED) is 0.790. The second kappa shape index (κ2) is 4.33. The van der Waals surface area contributed by atoms with Gasteiger partial charge >= 0.3 is 0 Å². The number of likely N-dealkylation sites (tertiary alicyclic amines) is 1. The molecule has 1 fully saturated rings. The van der Waals surface area contributed by atoms with Crippen molar-refractivity contribution in [1.29, 1.82) is 0 Å². The summed E-state index contributed by atoms with van der Waals surface area (Å²) in [5.74, 6) is 0.208. The lowest BCUT2D eigenvalue weighted by Crippen LogP contribution is -2.39. The number of nitrogens with zero attached hydrogens (tertiary/aromatic N) is 1. The fourth-order valence-corrected chi connectivity index (χ4v) is 2.87. The fourth-order valence-electron chi connectivity index (χ4n) is 2.18. The Balaban J connectivity index is 2.28. The van der Waals surface area contributed by atoms with Gasteiger partial charge in [-0.2, -0.15) is 11.3 Å². The predicted octanol–water partition coefficient (Wildman–Crippen LogP) is 1.76. The Hall–Kier alpha value is -0.870. The van der Waals surface area contributed by atoms with Crippen LogP contribution in [0.15, 0.2) is 16.8 Å². The molecule has 0 aromatic carbocycles. The minimum absolute atomic E-state index is 0.0613. The van der Waals surface area contributed by atoms with E-state index in [2.05, 4.69) is 11.4 Å². The first-order valence-electron chi connectivity index (χ1n) is 5.23. The van der Waals surface area contributed by atoms with Crippen LogP contribution in [0, 0.1) is 0 Å². The van der Waals surface area contributed by atoms with Crippen LogP contribution in [0.1, 0.15) is 30.9 Å². The first-order chi connectivity index (χ1) is 7.20. The van der Waals surface area contributed by atoms with E-state index in [1.54, 1.807) is 16.2 Å². The standard InChI is InChI=1S/C11H16N2OS/c1-13-10(14)4-2-3-9(12)11(13)8-5-6-15-7-8/h5-7,9,11H,2-4,12H2,1H3. The van der Waals surface area contributed by atoms with Crippen molar-refractivity contribution in [3.8, 4) is 0 Å². The van der Waals surface area contributed by atoms with Crippen LogP contribution in [0.25, 0.3) is 0 Å². The predicted molar refractivity (Wildman–Crippen MR) is 61.7 cm³/mol. The molecule has 4 heteroatoms. The highest BCUT2D eigenvalue weighted by Gasteiger charge is 2.30. The number of likely N-dealkylation sites (N-methyl/N-ethyl adjacent to an activating group) is 1. The first kappa shape index (κ1) is 10.6. The summed E-state index contributed by atoms with van der Waals surface area (Å²) in [6.45, 7) is 0. The van der Waals surface area contributed by atoms with Crippen molar-refractivity contribution in [3.05, 3.63) is 22.4 Å². The molecule has 0 bridgehead atoms. The van der Waals surface area contributed by atoms with Crippen molar-refractivity contribution >= 4 is 17.2 Å². The average molecular weight is 224 g/mol. The normalized spacial score (nSPS) is 27.9. The van der Waals surface area contributed by atoms with Gasteiger partial charge in [-0.1, -0.05) is 0 Å². The maximum Gasteiger partial charge on any atom is 0.222 e. The van der Waals surface area contributed by atoms with Crippen molar-refractivity contribution in [2.45, 2.75) is 31.3 Å². The minimum Gasteiger partial charge on any atom is -0.337 e. The molecule has 1 saturated heterocycles. The number of rotatable bonds is 1. The van der Waals surface area contributed by atoms with E-state index in [0.29, 0.717) is 6.42 Å². The second-order valence-electron chi connectivity index (χ2n) is 4.06. The molecule has 15 heavy (non-hydrogen) atoms. The zero-order valence-corrected chi connectivity index (χ0v) is 9.67. The van der Waals surface area contributed by atoms with Crippen LogP contribution in [0.5, 0.6) is 0 Å². The third-order valence-electron chi connectivity index (χ3n) is 3.03. The van der Waals surface area contributed by atoms with Crippen molar-refractivity contribution < 1.29 is 4.79 Å². The summed E-state index contributed by atoms with van der Waals surface area (Å²) in [5.41, 5.74) is 7.31. The van der Waals surface area contributed by atoms with E-state index in [4.69, 9.17) is 5.73 Å². The monoisotopic (exact) mass is 224 g/mol. The summed E-state index contributed by atoms with van der Waals surface area (Å²) in [6, 6.07) is 2.19. The van der Waals surface area contributed by atoms with Crippen molar-refractivity contribution in [1.82, 2.24) is 4.90 Å². The lowest BCUT2D eigenvalue weighted by Gasteiger charge is -2.29. The van der Waals surface area contributed by atoms with Gasteiger partial charge < -0.3 is 10.6 Å². The molecule has 1 amide bonds. The number of hydrogen-bond acceptors (Lipinski definition) is 3. The molecule has 3 nitrogen and oxygen atoms in total. The van der Waals surface area contributed by atoms with Gasteiger partial charge in [0.05, 0.1) is 6.04 Å². The highest BCUT2D eigenvalue weighted by molar-refractivity contribution is 7.07. The van der Waals surface area contributed by atoms with E-state index in [1.165, 1.54) is 5.56 Å². The molecule has 1 aliphatic rings. The molecule has 2 N–H and O–H groups in total. The summed E-state index contributed by atoms with van der Waals surface area (Å²) in [5, 5.41) is 4.12. The lowest BCUT2D eigenvalue weighted by molar-refractivity contribution is -0.131. The van der Waals surface area contributed by atoms with Gasteiger partial charge in [-0.05, 0) is 35.2 Å². The van der Waals surface area contributed by atoms with Gasteiger partial charge in [0.1, 0.15) is 0 Å². The maximum atomic E-state index is 11.7. The molecular weight excluding hydrogens is 208 g/mol. The number of nitrogens with two attached hydrogens (primary N) is 1. The van der Waals surface area contributed by atoms with Crippen LogP contribution >= 0.6 is 11.3 Å². The molecule has 0 radical (unpaired) electrons. The Morgan fingerprint density at radius 3 is 3.07 bits per heavy atom. The van der Waals surface area contributed by atoms with Gasteiger partial charge in [0.25, 0.3) is 0 Å². The van der Waals surface area contributed by atoms with E-state index in [9.17, 15) is 4.79 Å². The Morgan fingerprint density at radius 1 is 1.60 bits per heavy atom. The third kappa shape index (κ3) is 2.06. The number of carbonyl (C=O) groups is 1. The van der Waals surface area contributed by atoms with Crippen LogP contribution in [0.4, 0.5) is 0 Å². The Labute approximate surface area is 93.9 Å². The van der Waals surface area contributed by atoms with E-state index in [-0.39, 0.29) is 18.0 Å². The summed E-state index contributed by atoms with van der Waals surface area (Å²) >= 11 is 1.65. The fraction of sp³-hybridized carbons (Fsp3) is 0.545. The Kier molecular flexibility index (Phi) is 3.07. The SMILES string of the molecule is CN1C(=O)CCCC(N)C1c1ccsc1. The van der Waals surface area contributed by atoms with Gasteiger partial charge in [-0.15, -0.1) is 0 Å². The molecule has 1 aromatic rings. The van der Waals surface area contributed by atoms with Gasteiger partial charge in [-0.3, -0.25) is 4.79 Å². The van der Waals surface area contributed by atoms with Crippen LogP contribution in [-0.4, -0.2) is 23.9 Å². The molecule has 0 saturated carbocycles. The van der Waals surface area contributed by atoms with E-state index in [0.717, 1.165) is 12.8 Å². The van der Waals surface area contributed by atoms with Gasteiger partial charge in [0, 0.05) is 19.5 Å². The maximum absolute atomic E-state index is 11.7. The smallest absolute Gasteiger partial charge is 0.222 e. The van der Waals surface area contributed by atoms with E-state index >= 15 is 0 Å². The number of hydrogen-bond donors (Lipinski definition) is 1. The molecule has 82 valence electrons. The molecule has 2 heterocycles.